The van der Waals surface area contributed by atoms with Crippen molar-refractivity contribution in [1.82, 2.24) is 18.8 Å². The Kier molecular flexibility index (Phi) is 6.53. The molecule has 0 N–H and O–H groups in total. The van der Waals surface area contributed by atoms with Crippen LogP contribution in [0.1, 0.15) is 24.0 Å². The first-order valence-corrected chi connectivity index (χ1v) is 13.2. The second kappa shape index (κ2) is 9.69. The van der Waals surface area contributed by atoms with Crippen molar-refractivity contribution in [1.29, 1.82) is 0 Å². The molecule has 0 bridgehead atoms. The van der Waals surface area contributed by atoms with Gasteiger partial charge in [-0.25, -0.2) is 4.98 Å². The van der Waals surface area contributed by atoms with Crippen LogP contribution >= 0.6 is 23.7 Å². The summed E-state index contributed by atoms with van der Waals surface area (Å²) in [5, 5.41) is 0.648. The van der Waals surface area contributed by atoms with Gasteiger partial charge in [-0.1, -0.05) is 42.5 Å². The molecular weight excluding hydrogens is 432 g/mol. The summed E-state index contributed by atoms with van der Waals surface area (Å²) < 4.78 is 2.20. The second-order valence-corrected chi connectivity index (χ2v) is 10.3. The van der Waals surface area contributed by atoms with E-state index in [1.165, 1.54) is 28.9 Å². The molecule has 0 saturated carbocycles. The van der Waals surface area contributed by atoms with E-state index in [0.717, 1.165) is 42.2 Å². The van der Waals surface area contributed by atoms with Crippen LogP contribution in [0.25, 0.3) is 22.6 Å². The molecule has 3 heterocycles. The van der Waals surface area contributed by atoms with Crippen molar-refractivity contribution in [3.63, 3.8) is 0 Å². The number of fused-ring (bicyclic) bond motifs is 1. The Labute approximate surface area is 198 Å². The maximum absolute atomic E-state index is 4.92. The summed E-state index contributed by atoms with van der Waals surface area (Å²) in [5.74, 6) is 0.941. The Morgan fingerprint density at radius 1 is 0.969 bits per heavy atom. The fraction of sp³-hybridized carbons (Fsp3) is 0.308. The van der Waals surface area contributed by atoms with E-state index < -0.39 is 0 Å². The molecule has 0 spiro atoms. The third kappa shape index (κ3) is 4.45. The minimum Gasteiger partial charge on any atom is -0.299 e. The van der Waals surface area contributed by atoms with Crippen LogP contribution in [-0.4, -0.2) is 43.4 Å². The van der Waals surface area contributed by atoms with Crippen molar-refractivity contribution in [2.45, 2.75) is 36.5 Å². The summed E-state index contributed by atoms with van der Waals surface area (Å²) in [6.45, 7) is 5.57. The van der Waals surface area contributed by atoms with E-state index in [4.69, 9.17) is 9.97 Å². The molecule has 4 nitrogen and oxygen atoms in total. The van der Waals surface area contributed by atoms with E-state index in [1.807, 2.05) is 24.0 Å². The number of aromatic nitrogens is 3. The highest BCUT2D eigenvalue weighted by molar-refractivity contribution is 8.00. The Bertz CT molecular complexity index is 1200. The minimum absolute atomic E-state index is 0.648. The van der Waals surface area contributed by atoms with Gasteiger partial charge < -0.3 is 0 Å². The number of benzene rings is 2. The van der Waals surface area contributed by atoms with Gasteiger partial charge in [0, 0.05) is 29.1 Å². The molecule has 1 fully saturated rings. The minimum atomic E-state index is 0.648. The zero-order valence-electron chi connectivity index (χ0n) is 18.6. The summed E-state index contributed by atoms with van der Waals surface area (Å²) in [5.41, 5.74) is 5.78. The van der Waals surface area contributed by atoms with Gasteiger partial charge in [0.25, 0.3) is 0 Å². The summed E-state index contributed by atoms with van der Waals surface area (Å²) in [6.07, 6.45) is 6.48. The average molecular weight is 461 g/mol. The number of para-hydroxylation sites is 2. The molecule has 1 aliphatic rings. The van der Waals surface area contributed by atoms with Gasteiger partial charge in [-0.2, -0.15) is 0 Å². The van der Waals surface area contributed by atoms with E-state index >= 15 is 0 Å². The Balaban J connectivity index is 1.31. The number of hydrogen-bond donors (Lipinski definition) is 0. The van der Waals surface area contributed by atoms with Gasteiger partial charge in [-0.3, -0.25) is 13.9 Å². The highest BCUT2D eigenvalue weighted by Gasteiger charge is 2.22. The smallest absolute Gasteiger partial charge is 0.170 e. The largest absolute Gasteiger partial charge is 0.299 e. The standard InChI is InChI=1S/C26H28N4S2/c1-19-24(32-21-13-16-29(17-14-21)18-20-8-4-3-5-9-20)12-15-27-25(19)26-28-22-10-6-7-11-23(22)30(26)31-2/h3-12,15,21H,13-14,16-18H2,1-2H3. The van der Waals surface area contributed by atoms with Crippen molar-refractivity contribution in [2.24, 2.45) is 0 Å². The number of hydrogen-bond acceptors (Lipinski definition) is 5. The lowest BCUT2D eigenvalue weighted by Crippen LogP contribution is -2.34. The van der Waals surface area contributed by atoms with Crippen LogP contribution in [0.5, 0.6) is 0 Å². The summed E-state index contributed by atoms with van der Waals surface area (Å²) >= 11 is 3.70. The first kappa shape index (κ1) is 21.6. The molecule has 0 atom stereocenters. The van der Waals surface area contributed by atoms with Crippen molar-refractivity contribution in [3.05, 3.63) is 78.0 Å². The number of imidazole rings is 1. The molecule has 0 aliphatic carbocycles. The van der Waals surface area contributed by atoms with Gasteiger partial charge in [-0.05, 0) is 74.1 Å². The normalized spacial score (nSPS) is 15.4. The topological polar surface area (TPSA) is 34.0 Å². The first-order valence-electron chi connectivity index (χ1n) is 11.1. The lowest BCUT2D eigenvalue weighted by molar-refractivity contribution is 0.225. The number of pyridine rings is 1. The van der Waals surface area contributed by atoms with Crippen molar-refractivity contribution < 1.29 is 0 Å². The predicted molar refractivity (Wildman–Crippen MR) is 137 cm³/mol. The molecule has 0 unspecified atom stereocenters. The van der Waals surface area contributed by atoms with Crippen molar-refractivity contribution >= 4 is 34.7 Å². The number of rotatable bonds is 6. The molecule has 2 aromatic heterocycles. The second-order valence-electron chi connectivity index (χ2n) is 8.26. The zero-order chi connectivity index (χ0) is 21.9. The van der Waals surface area contributed by atoms with Gasteiger partial charge >= 0.3 is 0 Å². The van der Waals surface area contributed by atoms with Crippen LogP contribution < -0.4 is 0 Å². The van der Waals surface area contributed by atoms with E-state index in [-0.39, 0.29) is 0 Å². The molecule has 0 amide bonds. The maximum Gasteiger partial charge on any atom is 0.170 e. The number of piperidine rings is 1. The van der Waals surface area contributed by atoms with Gasteiger partial charge in [0.15, 0.2) is 5.82 Å². The van der Waals surface area contributed by atoms with E-state index in [1.54, 1.807) is 11.9 Å². The molecule has 2 aromatic carbocycles. The summed E-state index contributed by atoms with van der Waals surface area (Å²) in [6, 6.07) is 21.3. The molecule has 164 valence electrons. The molecule has 4 aromatic rings. The highest BCUT2D eigenvalue weighted by Crippen LogP contribution is 2.37. The van der Waals surface area contributed by atoms with Crippen LogP contribution in [0.4, 0.5) is 0 Å². The maximum atomic E-state index is 4.92. The van der Waals surface area contributed by atoms with Crippen LogP contribution in [0.15, 0.2) is 71.8 Å². The van der Waals surface area contributed by atoms with Gasteiger partial charge in [-0.15, -0.1) is 11.8 Å². The van der Waals surface area contributed by atoms with E-state index in [0.29, 0.717) is 5.25 Å². The van der Waals surface area contributed by atoms with Gasteiger partial charge in [0.1, 0.15) is 5.69 Å². The fourth-order valence-electron chi connectivity index (χ4n) is 4.42. The molecule has 6 heteroatoms. The molecule has 5 rings (SSSR count). The molecule has 0 radical (unpaired) electrons. The molecule has 32 heavy (non-hydrogen) atoms. The Morgan fingerprint density at radius 3 is 2.50 bits per heavy atom. The number of likely N-dealkylation sites (tertiary alicyclic amines) is 1. The Morgan fingerprint density at radius 2 is 1.72 bits per heavy atom. The lowest BCUT2D eigenvalue weighted by atomic mass is 10.1. The highest BCUT2D eigenvalue weighted by atomic mass is 32.2. The van der Waals surface area contributed by atoms with Crippen LogP contribution in [0.2, 0.25) is 0 Å². The average Bonchev–Trinajstić information content (AvgIpc) is 3.21. The summed E-state index contributed by atoms with van der Waals surface area (Å²) in [4.78, 5) is 13.6. The van der Waals surface area contributed by atoms with Gasteiger partial charge in [0.05, 0.1) is 11.0 Å². The quantitative estimate of drug-likeness (QED) is 0.338. The van der Waals surface area contributed by atoms with Crippen molar-refractivity contribution in [3.8, 4) is 11.5 Å². The number of thioether (sulfide) groups is 1. The zero-order valence-corrected chi connectivity index (χ0v) is 20.2. The third-order valence-electron chi connectivity index (χ3n) is 6.15. The predicted octanol–water partition coefficient (Wildman–Crippen LogP) is 6.29. The fourth-order valence-corrected chi connectivity index (χ4v) is 6.29. The SMILES string of the molecule is CSn1c(-c2nccc(SC3CCN(Cc4ccccc4)CC3)c2C)nc2ccccc21. The summed E-state index contributed by atoms with van der Waals surface area (Å²) in [7, 11) is 0. The molecular formula is C26H28N4S2. The number of nitrogens with zero attached hydrogens (tertiary/aromatic N) is 4. The monoisotopic (exact) mass is 460 g/mol. The van der Waals surface area contributed by atoms with Crippen molar-refractivity contribution in [2.75, 3.05) is 19.3 Å². The third-order valence-corrected chi connectivity index (χ3v) is 8.38. The first-order chi connectivity index (χ1) is 15.7. The van der Waals surface area contributed by atoms with Crippen LogP contribution in [0, 0.1) is 6.92 Å². The van der Waals surface area contributed by atoms with Crippen LogP contribution in [0.3, 0.4) is 0 Å². The van der Waals surface area contributed by atoms with E-state index in [2.05, 4.69) is 76.6 Å². The Hall–Kier alpha value is -2.28. The van der Waals surface area contributed by atoms with Gasteiger partial charge in [0.2, 0.25) is 0 Å². The molecule has 1 saturated heterocycles. The molecule has 1 aliphatic heterocycles. The lowest BCUT2D eigenvalue weighted by Gasteiger charge is -2.32. The van der Waals surface area contributed by atoms with Crippen LogP contribution in [-0.2, 0) is 6.54 Å². The van der Waals surface area contributed by atoms with E-state index in [9.17, 15) is 0 Å².